The van der Waals surface area contributed by atoms with Gasteiger partial charge in [0, 0.05) is 19.5 Å². The van der Waals surface area contributed by atoms with Gasteiger partial charge in [-0.3, -0.25) is 43.3 Å². The third-order valence-electron chi connectivity index (χ3n) is 9.96. The van der Waals surface area contributed by atoms with Crippen LogP contribution in [0.1, 0.15) is 64.9 Å². The van der Waals surface area contributed by atoms with Crippen molar-refractivity contribution in [1.29, 1.82) is 0 Å². The van der Waals surface area contributed by atoms with Crippen LogP contribution >= 0.6 is 11.8 Å². The fourth-order valence-corrected chi connectivity index (χ4v) is 7.11. The number of primary amides is 1. The molecule has 1 aromatic rings. The molecule has 63 heavy (non-hydrogen) atoms. The summed E-state index contributed by atoms with van der Waals surface area (Å²) < 4.78 is 0. The first kappa shape index (κ1) is 53.6. The molecule has 22 nitrogen and oxygen atoms in total. The Labute approximate surface area is 371 Å². The smallest absolute Gasteiger partial charge is 0.245 e. The van der Waals surface area contributed by atoms with Crippen molar-refractivity contribution >= 4 is 65.0 Å². The van der Waals surface area contributed by atoms with Crippen LogP contribution in [0, 0.1) is 5.92 Å². The monoisotopic (exact) mass is 906 g/mol. The van der Waals surface area contributed by atoms with Crippen LogP contribution in [-0.2, 0) is 44.8 Å². The Morgan fingerprint density at radius 1 is 0.841 bits per heavy atom. The lowest BCUT2D eigenvalue weighted by molar-refractivity contribution is -0.141. The first-order chi connectivity index (χ1) is 29.8. The number of benzene rings is 1. The number of rotatable bonds is 27. The molecule has 0 radical (unpaired) electrons. The van der Waals surface area contributed by atoms with Crippen molar-refractivity contribution in [2.24, 2.45) is 33.8 Å². The highest BCUT2D eigenvalue weighted by Crippen LogP contribution is 2.19. The summed E-state index contributed by atoms with van der Waals surface area (Å²) in [5, 5.41) is 35.2. The highest BCUT2D eigenvalue weighted by atomic mass is 32.2. The minimum absolute atomic E-state index is 0.0200. The molecule has 16 N–H and O–H groups in total. The number of aliphatic hydroxyl groups is 2. The zero-order valence-corrected chi connectivity index (χ0v) is 37.2. The molecule has 8 amide bonds. The van der Waals surface area contributed by atoms with Crippen molar-refractivity contribution in [2.45, 2.75) is 114 Å². The number of amides is 8. The third-order valence-corrected chi connectivity index (χ3v) is 10.6. The van der Waals surface area contributed by atoms with Crippen molar-refractivity contribution in [3.63, 3.8) is 0 Å². The zero-order valence-electron chi connectivity index (χ0n) is 36.3. The van der Waals surface area contributed by atoms with Crippen molar-refractivity contribution in [1.82, 2.24) is 36.8 Å². The molecule has 1 aromatic carbocycles. The number of nitrogens with two attached hydrogens (primary N) is 4. The van der Waals surface area contributed by atoms with Gasteiger partial charge in [0.2, 0.25) is 47.3 Å². The summed E-state index contributed by atoms with van der Waals surface area (Å²) >= 11 is 1.37. The van der Waals surface area contributed by atoms with Gasteiger partial charge in [-0.2, -0.15) is 11.8 Å². The zero-order chi connectivity index (χ0) is 47.2. The Kier molecular flexibility index (Phi) is 23.4. The molecule has 8 atom stereocenters. The molecule has 0 aliphatic carbocycles. The second kappa shape index (κ2) is 27.5. The lowest BCUT2D eigenvalue weighted by atomic mass is 10.0. The number of guanidine groups is 1. The van der Waals surface area contributed by atoms with Crippen LogP contribution in [0.2, 0.25) is 0 Å². The SMILES string of the molecule is CSCC[C@H](NC(=O)[C@@H](NC(=O)CNC(=O)[C@H](CC(C)C)NC(=O)[C@@H]1CCCN1C(=O)[C@@H](N)CO)[C@@H](C)O)C(=O)N[C@@H](CCCN=C(N)N)C(=O)N[C@@H](Cc1ccccc1)C(N)=O. The van der Waals surface area contributed by atoms with Crippen LogP contribution in [0.3, 0.4) is 0 Å². The quantitative estimate of drug-likeness (QED) is 0.0226. The van der Waals surface area contributed by atoms with E-state index in [1.165, 1.54) is 23.6 Å². The minimum atomic E-state index is -1.60. The van der Waals surface area contributed by atoms with Crippen LogP contribution in [0.25, 0.3) is 0 Å². The van der Waals surface area contributed by atoms with E-state index in [2.05, 4.69) is 36.9 Å². The number of carbonyl (C=O) groups is 8. The fourth-order valence-electron chi connectivity index (χ4n) is 6.64. The third kappa shape index (κ3) is 18.8. The minimum Gasteiger partial charge on any atom is -0.394 e. The van der Waals surface area contributed by atoms with Gasteiger partial charge in [0.25, 0.3) is 0 Å². The number of aliphatic imine (C=N–C) groups is 1. The number of nitrogens with one attached hydrogen (secondary N) is 6. The maximum atomic E-state index is 13.8. The Balaban J connectivity index is 2.17. The van der Waals surface area contributed by atoms with E-state index in [-0.39, 0.29) is 57.1 Å². The maximum Gasteiger partial charge on any atom is 0.245 e. The molecular weight excluding hydrogens is 841 g/mol. The Bertz CT molecular complexity index is 1730. The predicted molar refractivity (Wildman–Crippen MR) is 236 cm³/mol. The summed E-state index contributed by atoms with van der Waals surface area (Å²) in [4.78, 5) is 111. The van der Waals surface area contributed by atoms with E-state index in [9.17, 15) is 48.6 Å². The van der Waals surface area contributed by atoms with Gasteiger partial charge in [-0.15, -0.1) is 0 Å². The number of nitrogens with zero attached hydrogens (tertiary/aromatic N) is 2. The molecule has 1 heterocycles. The van der Waals surface area contributed by atoms with Gasteiger partial charge in [0.05, 0.1) is 19.3 Å². The molecule has 0 aromatic heterocycles. The number of aliphatic hydroxyl groups excluding tert-OH is 2. The molecule has 1 saturated heterocycles. The summed E-state index contributed by atoms with van der Waals surface area (Å²) in [6, 6.07) is 0.397. The van der Waals surface area contributed by atoms with E-state index < -0.39 is 109 Å². The van der Waals surface area contributed by atoms with Crippen molar-refractivity contribution in [3.8, 4) is 0 Å². The molecule has 1 fully saturated rings. The Morgan fingerprint density at radius 3 is 2.03 bits per heavy atom. The molecule has 1 aliphatic rings. The molecule has 2 rings (SSSR count). The number of thioether (sulfide) groups is 1. The molecule has 23 heteroatoms. The van der Waals surface area contributed by atoms with E-state index in [1.807, 2.05) is 13.8 Å². The summed E-state index contributed by atoms with van der Waals surface area (Å²) in [5.41, 5.74) is 22.9. The van der Waals surface area contributed by atoms with Crippen LogP contribution in [-0.4, -0.2) is 155 Å². The van der Waals surface area contributed by atoms with Gasteiger partial charge in [-0.1, -0.05) is 44.2 Å². The fraction of sp³-hybridized carbons (Fsp3) is 0.625. The van der Waals surface area contributed by atoms with Crippen molar-refractivity contribution in [2.75, 3.05) is 38.2 Å². The van der Waals surface area contributed by atoms with Crippen molar-refractivity contribution < 1.29 is 48.6 Å². The maximum absolute atomic E-state index is 13.8. The standard InChI is InChI=1S/C40H66N12O10S/c1-22(2)18-29(50-37(60)30-13-9-16-52(30)39(62)25(41)21-53)34(57)46-20-31(55)51-32(23(3)54)38(61)48-27(14-17-63-4)36(59)47-26(12-8-15-45-40(43)44)35(58)49-28(33(42)56)19-24-10-6-5-7-11-24/h5-7,10-11,22-23,25-30,32,53-54H,8-9,12-21,41H2,1-4H3,(H2,42,56)(H,46,57)(H,47,59)(H,48,61)(H,49,58)(H,50,60)(H,51,55)(H4,43,44,45)/t23-,25+,26+,27+,28+,29+,30+,32+/m1/s1. The second-order valence-corrected chi connectivity index (χ2v) is 16.7. The van der Waals surface area contributed by atoms with E-state index in [0.717, 1.165) is 5.56 Å². The number of carbonyl (C=O) groups excluding carboxylic acids is 8. The average Bonchev–Trinajstić information content (AvgIpc) is 3.73. The summed E-state index contributed by atoms with van der Waals surface area (Å²) in [6.07, 6.45) is 1.70. The van der Waals surface area contributed by atoms with Gasteiger partial charge in [0.1, 0.15) is 42.3 Å². The van der Waals surface area contributed by atoms with Gasteiger partial charge in [-0.05, 0) is 68.9 Å². The highest BCUT2D eigenvalue weighted by molar-refractivity contribution is 7.98. The topological polar surface area (TPSA) is 369 Å². The summed E-state index contributed by atoms with van der Waals surface area (Å²) in [7, 11) is 0. The first-order valence-electron chi connectivity index (χ1n) is 20.8. The van der Waals surface area contributed by atoms with Gasteiger partial charge >= 0.3 is 0 Å². The van der Waals surface area contributed by atoms with Crippen molar-refractivity contribution in [3.05, 3.63) is 35.9 Å². The molecule has 0 saturated carbocycles. The second-order valence-electron chi connectivity index (χ2n) is 15.7. The molecule has 1 aliphatic heterocycles. The van der Waals surface area contributed by atoms with Gasteiger partial charge in [-0.25, -0.2) is 0 Å². The number of likely N-dealkylation sites (tertiary alicyclic amines) is 1. The Morgan fingerprint density at radius 2 is 1.46 bits per heavy atom. The molecule has 0 spiro atoms. The Hall–Kier alpha value is -5.52. The van der Waals surface area contributed by atoms with Gasteiger partial charge < -0.3 is 69.9 Å². The number of hydrogen-bond acceptors (Lipinski definition) is 13. The highest BCUT2D eigenvalue weighted by Gasteiger charge is 2.38. The molecule has 0 unspecified atom stereocenters. The largest absolute Gasteiger partial charge is 0.394 e. The van der Waals surface area contributed by atoms with Crippen LogP contribution in [0.4, 0.5) is 0 Å². The summed E-state index contributed by atoms with van der Waals surface area (Å²) in [6.45, 7) is 3.98. The van der Waals surface area contributed by atoms with E-state index in [1.54, 1.807) is 36.6 Å². The van der Waals surface area contributed by atoms with Crippen LogP contribution < -0.4 is 54.8 Å². The van der Waals surface area contributed by atoms with Gasteiger partial charge in [0.15, 0.2) is 5.96 Å². The molecular formula is C40H66N12O10S. The van der Waals surface area contributed by atoms with E-state index in [0.29, 0.717) is 18.6 Å². The lowest BCUT2D eigenvalue weighted by Crippen LogP contribution is -2.60. The normalized spacial score (nSPS) is 16.8. The van der Waals surface area contributed by atoms with E-state index >= 15 is 0 Å². The number of hydrogen-bond donors (Lipinski definition) is 12. The average molecular weight is 907 g/mol. The molecule has 352 valence electrons. The first-order valence-corrected chi connectivity index (χ1v) is 22.2. The van der Waals surface area contributed by atoms with E-state index in [4.69, 9.17) is 22.9 Å². The lowest BCUT2D eigenvalue weighted by Gasteiger charge is -2.28. The molecule has 0 bridgehead atoms. The predicted octanol–water partition coefficient (Wildman–Crippen LogP) is -4.20. The van der Waals surface area contributed by atoms with Crippen LogP contribution in [0.5, 0.6) is 0 Å². The van der Waals surface area contributed by atoms with Crippen LogP contribution in [0.15, 0.2) is 35.3 Å². The summed E-state index contributed by atoms with van der Waals surface area (Å²) in [5.74, 6) is -5.94.